The van der Waals surface area contributed by atoms with Crippen LogP contribution in [0.3, 0.4) is 0 Å². The highest BCUT2D eigenvalue weighted by Gasteiger charge is 2.57. The van der Waals surface area contributed by atoms with Crippen LogP contribution < -0.4 is 10.1 Å². The van der Waals surface area contributed by atoms with Gasteiger partial charge in [-0.1, -0.05) is 24.3 Å². The summed E-state index contributed by atoms with van der Waals surface area (Å²) >= 11 is 0. The molecule has 12 N–H and O–H groups in total. The molecule has 5 rings (SSSR count). The molecule has 2 aromatic carbocycles. The van der Waals surface area contributed by atoms with Crippen LogP contribution in [0.1, 0.15) is 25.3 Å². The van der Waals surface area contributed by atoms with E-state index in [0.717, 1.165) is 17.7 Å². The van der Waals surface area contributed by atoms with Crippen molar-refractivity contribution in [2.75, 3.05) is 26.9 Å². The van der Waals surface area contributed by atoms with E-state index < -0.39 is 148 Å². The number of hydrogen-bond donors (Lipinski definition) is 12. The Morgan fingerprint density at radius 2 is 1.58 bits per heavy atom. The van der Waals surface area contributed by atoms with E-state index in [9.17, 15) is 70.6 Å². The standard InChI is InChI=1S/C38H51NO20/c1-16(42)39-27-22(44)12-38(37(52)53,59-35(27)28(46)23(45)13-40)55-15-26-30(48)31(49)33(51)36(57-26)58-34-25(14-41)56-24(29(47)32(34)50)11-20(43)7-4-17-3-5-19-10-21(54-2)8-6-18(19)9-17/h3-10,22-36,40-41,44-51H,11-15H2,1-2H3,(H,39,42)(H,52,53)/b7-4+/t22-,23+,24-,25+,26+,27+,28+,29-,30-,31-,32+,33+,34+,35+,36-,38+/m0/s1. The van der Waals surface area contributed by atoms with Crippen molar-refractivity contribution in [3.63, 3.8) is 0 Å². The Morgan fingerprint density at radius 3 is 2.22 bits per heavy atom. The predicted molar refractivity (Wildman–Crippen MR) is 197 cm³/mol. The Morgan fingerprint density at radius 1 is 0.898 bits per heavy atom. The fourth-order valence-corrected chi connectivity index (χ4v) is 7.24. The Labute approximate surface area is 336 Å². The van der Waals surface area contributed by atoms with Crippen LogP contribution in [0.15, 0.2) is 42.5 Å². The van der Waals surface area contributed by atoms with Crippen molar-refractivity contribution in [1.82, 2.24) is 5.32 Å². The van der Waals surface area contributed by atoms with Crippen LogP contribution in [0.5, 0.6) is 5.75 Å². The maximum Gasteiger partial charge on any atom is 0.364 e. The number of carbonyl (C=O) groups excluding carboxylic acids is 2. The molecule has 0 aliphatic carbocycles. The second-order valence-electron chi connectivity index (χ2n) is 14.7. The average Bonchev–Trinajstić information content (AvgIpc) is 3.21. The molecule has 0 spiro atoms. The summed E-state index contributed by atoms with van der Waals surface area (Å²) in [7, 11) is 1.56. The van der Waals surface area contributed by atoms with E-state index >= 15 is 0 Å². The van der Waals surface area contributed by atoms with Gasteiger partial charge in [0.1, 0.15) is 72.9 Å². The first-order valence-electron chi connectivity index (χ1n) is 18.7. The van der Waals surface area contributed by atoms with E-state index in [4.69, 9.17) is 28.4 Å². The topological polar surface area (TPSA) is 341 Å². The van der Waals surface area contributed by atoms with Crippen LogP contribution in [0.25, 0.3) is 16.8 Å². The summed E-state index contributed by atoms with van der Waals surface area (Å²) in [6, 6.07) is 9.50. The molecule has 16 atom stereocenters. The molecule has 2 aromatic rings. The summed E-state index contributed by atoms with van der Waals surface area (Å²) in [6.07, 6.45) is -24.1. The fourth-order valence-electron chi connectivity index (χ4n) is 7.24. The van der Waals surface area contributed by atoms with E-state index in [2.05, 4.69) is 5.32 Å². The third-order valence-corrected chi connectivity index (χ3v) is 10.5. The highest BCUT2D eigenvalue weighted by atomic mass is 16.8. The van der Waals surface area contributed by atoms with Crippen LogP contribution in [-0.4, -0.2) is 198 Å². The molecule has 0 radical (unpaired) electrons. The second kappa shape index (κ2) is 19.8. The molecule has 0 unspecified atom stereocenters. The van der Waals surface area contributed by atoms with E-state index in [-0.39, 0.29) is 0 Å². The van der Waals surface area contributed by atoms with Gasteiger partial charge in [0.2, 0.25) is 5.91 Å². The van der Waals surface area contributed by atoms with Gasteiger partial charge in [-0.3, -0.25) is 9.59 Å². The Hall–Kier alpha value is -3.75. The molecule has 328 valence electrons. The Balaban J connectivity index is 1.25. The number of benzene rings is 2. The zero-order valence-corrected chi connectivity index (χ0v) is 31.9. The molecular formula is C38H51NO20. The maximum atomic E-state index is 12.9. The molecule has 21 heteroatoms. The molecule has 0 aromatic heterocycles. The van der Waals surface area contributed by atoms with Crippen molar-refractivity contribution >= 4 is 34.5 Å². The molecule has 0 saturated carbocycles. The number of aliphatic hydroxyl groups is 10. The van der Waals surface area contributed by atoms with Gasteiger partial charge in [0.15, 0.2) is 12.1 Å². The van der Waals surface area contributed by atoms with Crippen molar-refractivity contribution in [2.45, 2.75) is 117 Å². The van der Waals surface area contributed by atoms with Gasteiger partial charge >= 0.3 is 5.97 Å². The number of aliphatic carboxylic acids is 1. The third kappa shape index (κ3) is 10.4. The number of methoxy groups -OCH3 is 1. The Kier molecular flexibility index (Phi) is 15.5. The molecule has 3 heterocycles. The number of allylic oxidation sites excluding steroid dienone is 1. The lowest BCUT2D eigenvalue weighted by atomic mass is 9.88. The molecule has 3 saturated heterocycles. The molecular weight excluding hydrogens is 790 g/mol. The second-order valence-corrected chi connectivity index (χ2v) is 14.7. The maximum absolute atomic E-state index is 12.9. The number of carboxylic acid groups (broad SMARTS) is 1. The quantitative estimate of drug-likeness (QED) is 0.0711. The number of nitrogens with one attached hydrogen (secondary N) is 1. The molecule has 59 heavy (non-hydrogen) atoms. The summed E-state index contributed by atoms with van der Waals surface area (Å²) in [5.74, 6) is -5.28. The number of fused-ring (bicyclic) bond motifs is 1. The van der Waals surface area contributed by atoms with Gasteiger partial charge in [-0.05, 0) is 40.6 Å². The van der Waals surface area contributed by atoms with Crippen LogP contribution in [0.4, 0.5) is 0 Å². The lowest BCUT2D eigenvalue weighted by Crippen LogP contribution is -2.68. The number of hydrogen-bond acceptors (Lipinski definition) is 19. The number of ether oxygens (including phenoxy) is 6. The third-order valence-electron chi connectivity index (χ3n) is 10.5. The lowest BCUT2D eigenvalue weighted by Gasteiger charge is -2.48. The molecule has 3 aliphatic heterocycles. The smallest absolute Gasteiger partial charge is 0.364 e. The highest BCUT2D eigenvalue weighted by molar-refractivity contribution is 5.95. The predicted octanol–water partition coefficient (Wildman–Crippen LogP) is -4.34. The van der Waals surface area contributed by atoms with Gasteiger partial charge in [0.05, 0.1) is 45.2 Å². The lowest BCUT2D eigenvalue weighted by molar-refractivity contribution is -0.356. The van der Waals surface area contributed by atoms with Crippen molar-refractivity contribution in [1.29, 1.82) is 0 Å². The zero-order chi connectivity index (χ0) is 43.3. The largest absolute Gasteiger partial charge is 0.497 e. The molecule has 0 bridgehead atoms. The number of ketones is 1. The van der Waals surface area contributed by atoms with E-state index in [1.807, 2.05) is 24.3 Å². The highest BCUT2D eigenvalue weighted by Crippen LogP contribution is 2.36. The number of carboxylic acids is 1. The van der Waals surface area contributed by atoms with Crippen molar-refractivity contribution < 1.29 is 99.0 Å². The monoisotopic (exact) mass is 841 g/mol. The summed E-state index contributed by atoms with van der Waals surface area (Å²) in [4.78, 5) is 37.3. The van der Waals surface area contributed by atoms with Gasteiger partial charge in [-0.25, -0.2) is 4.79 Å². The number of rotatable bonds is 16. The summed E-state index contributed by atoms with van der Waals surface area (Å²) in [5.41, 5.74) is 0.698. The molecule has 3 fully saturated rings. The van der Waals surface area contributed by atoms with Gasteiger partial charge in [-0.15, -0.1) is 0 Å². The summed E-state index contributed by atoms with van der Waals surface area (Å²) in [5, 5.41) is 120. The van der Waals surface area contributed by atoms with Crippen LogP contribution in [-0.2, 0) is 38.1 Å². The van der Waals surface area contributed by atoms with Crippen LogP contribution >= 0.6 is 0 Å². The van der Waals surface area contributed by atoms with Crippen LogP contribution in [0, 0.1) is 0 Å². The van der Waals surface area contributed by atoms with Gasteiger partial charge in [0.25, 0.3) is 5.79 Å². The van der Waals surface area contributed by atoms with Crippen molar-refractivity contribution in [3.05, 3.63) is 48.0 Å². The summed E-state index contributed by atoms with van der Waals surface area (Å²) < 4.78 is 33.3. The van der Waals surface area contributed by atoms with Crippen LogP contribution in [0.2, 0.25) is 0 Å². The Bertz CT molecular complexity index is 1790. The van der Waals surface area contributed by atoms with E-state index in [1.165, 1.54) is 6.08 Å². The zero-order valence-electron chi connectivity index (χ0n) is 31.9. The van der Waals surface area contributed by atoms with Gasteiger partial charge < -0.3 is 89.9 Å². The number of amides is 1. The minimum Gasteiger partial charge on any atom is -0.497 e. The van der Waals surface area contributed by atoms with Crippen molar-refractivity contribution in [2.24, 2.45) is 0 Å². The molecule has 3 aliphatic rings. The first kappa shape index (κ1) is 46.3. The first-order valence-corrected chi connectivity index (χ1v) is 18.7. The minimum absolute atomic E-state index is 0.430. The van der Waals surface area contributed by atoms with E-state index in [0.29, 0.717) is 11.3 Å². The molecule has 21 nitrogen and oxygen atoms in total. The first-order chi connectivity index (χ1) is 27.9. The molecule has 1 amide bonds. The minimum atomic E-state index is -2.86. The SMILES string of the molecule is COc1ccc2cc(/C=C/C(=O)C[C@@H]3O[C@H](CO)[C@@H](O[C@@H]4O[C@H](CO[C@]5(C(=O)O)C[C@H](O)[C@@H](NC(C)=O)[C@H]([C@H](O)[C@H](O)CO)O5)[C@H](O)[C@H](O)[C@H]4O)[C@H](O)[C@H]3O)ccc2c1. The average molecular weight is 842 g/mol. The van der Waals surface area contributed by atoms with Gasteiger partial charge in [0, 0.05) is 19.8 Å². The number of carbonyl (C=O) groups is 3. The fraction of sp³-hybridized carbons (Fsp3) is 0.605. The number of aliphatic hydroxyl groups excluding tert-OH is 10. The van der Waals surface area contributed by atoms with Gasteiger partial charge in [-0.2, -0.15) is 0 Å². The van der Waals surface area contributed by atoms with E-state index in [1.54, 1.807) is 25.3 Å². The normalized spacial score (nSPS) is 36.2. The summed E-state index contributed by atoms with van der Waals surface area (Å²) in [6.45, 7) is -1.79. The van der Waals surface area contributed by atoms with Crippen molar-refractivity contribution in [3.8, 4) is 5.75 Å².